The summed E-state index contributed by atoms with van der Waals surface area (Å²) in [7, 11) is 3.39. The summed E-state index contributed by atoms with van der Waals surface area (Å²) < 4.78 is 31.6. The number of aliphatic hydroxyl groups is 1. The SMILES string of the molecule is CNCc1cccc(C(F)(F)CO)c1.COc1c(C2=CCNCC2)cc(C=O)c2[nH]ncc12. The van der Waals surface area contributed by atoms with Crippen LogP contribution in [0.1, 0.15) is 33.5 Å². The van der Waals surface area contributed by atoms with E-state index in [1.165, 1.54) is 17.7 Å². The van der Waals surface area contributed by atoms with Crippen molar-refractivity contribution in [1.29, 1.82) is 0 Å². The Morgan fingerprint density at radius 1 is 1.33 bits per heavy atom. The molecule has 4 N–H and O–H groups in total. The number of aldehydes is 1. The summed E-state index contributed by atoms with van der Waals surface area (Å²) in [4.78, 5) is 11.2. The average molecular weight is 459 g/mol. The zero-order chi connectivity index (χ0) is 23.8. The molecule has 9 heteroatoms. The van der Waals surface area contributed by atoms with Gasteiger partial charge in [0.1, 0.15) is 12.4 Å². The summed E-state index contributed by atoms with van der Waals surface area (Å²) in [6, 6.07) is 7.91. The van der Waals surface area contributed by atoms with Crippen molar-refractivity contribution in [3.63, 3.8) is 0 Å². The Labute approximate surface area is 190 Å². The minimum Gasteiger partial charge on any atom is -0.495 e. The number of aromatic amines is 1. The van der Waals surface area contributed by atoms with E-state index in [-0.39, 0.29) is 5.56 Å². The smallest absolute Gasteiger partial charge is 0.295 e. The van der Waals surface area contributed by atoms with Gasteiger partial charge in [0.2, 0.25) is 0 Å². The van der Waals surface area contributed by atoms with Crippen molar-refractivity contribution in [2.45, 2.75) is 18.9 Å². The van der Waals surface area contributed by atoms with Crippen LogP contribution in [-0.2, 0) is 12.5 Å². The van der Waals surface area contributed by atoms with Crippen molar-refractivity contribution >= 4 is 22.8 Å². The van der Waals surface area contributed by atoms with E-state index in [1.807, 2.05) is 6.07 Å². The molecular formula is C24H28F2N4O3. The fourth-order valence-corrected chi connectivity index (χ4v) is 3.74. The Morgan fingerprint density at radius 2 is 2.15 bits per heavy atom. The van der Waals surface area contributed by atoms with E-state index < -0.39 is 12.5 Å². The first kappa shape index (κ1) is 24.5. The molecule has 0 unspecified atom stereocenters. The third-order valence-corrected chi connectivity index (χ3v) is 5.39. The molecule has 3 aromatic rings. The van der Waals surface area contributed by atoms with Crippen LogP contribution in [-0.4, -0.2) is 55.4 Å². The van der Waals surface area contributed by atoms with Crippen LogP contribution in [0.25, 0.3) is 16.5 Å². The largest absolute Gasteiger partial charge is 0.495 e. The predicted molar refractivity (Wildman–Crippen MR) is 124 cm³/mol. The third kappa shape index (κ3) is 5.62. The quantitative estimate of drug-likeness (QED) is 0.406. The number of carbonyl (C=O) groups is 1. The van der Waals surface area contributed by atoms with Crippen molar-refractivity contribution in [2.24, 2.45) is 0 Å². The number of alkyl halides is 2. The van der Waals surface area contributed by atoms with Gasteiger partial charge in [-0.3, -0.25) is 9.89 Å². The standard InChI is InChI=1S/C14H15N3O2.C10H13F2NO/c1-19-14-11(9-2-4-15-5-3-9)6-10(8-18)13-12(14)7-16-17-13;1-13-6-8-3-2-4-9(5-8)10(11,12)7-14/h2,6-8,15H,3-5H2,1H3,(H,16,17);2-5,13-14H,6-7H2,1H3. The van der Waals surface area contributed by atoms with Gasteiger partial charge in [-0.15, -0.1) is 0 Å². The number of rotatable bonds is 7. The number of halogens is 2. The van der Waals surface area contributed by atoms with Crippen molar-refractivity contribution < 1.29 is 23.4 Å². The Balaban J connectivity index is 0.000000196. The molecule has 1 aromatic heterocycles. The number of benzene rings is 2. The number of aromatic nitrogens is 2. The first-order valence-electron chi connectivity index (χ1n) is 10.6. The predicted octanol–water partition coefficient (Wildman–Crippen LogP) is 3.25. The van der Waals surface area contributed by atoms with Crippen molar-refractivity contribution in [3.8, 4) is 5.75 Å². The topological polar surface area (TPSA) is 99.3 Å². The summed E-state index contributed by atoms with van der Waals surface area (Å²) in [5, 5.41) is 22.4. The van der Waals surface area contributed by atoms with Gasteiger partial charge in [0.05, 0.1) is 24.2 Å². The van der Waals surface area contributed by atoms with E-state index in [0.29, 0.717) is 12.1 Å². The van der Waals surface area contributed by atoms with Gasteiger partial charge >= 0.3 is 0 Å². The maximum Gasteiger partial charge on any atom is 0.295 e. The van der Waals surface area contributed by atoms with Crippen LogP contribution in [0.15, 0.2) is 42.6 Å². The Kier molecular flexibility index (Phi) is 8.26. The van der Waals surface area contributed by atoms with Gasteiger partial charge in [0.25, 0.3) is 5.92 Å². The molecular weight excluding hydrogens is 430 g/mol. The fourth-order valence-electron chi connectivity index (χ4n) is 3.74. The molecule has 1 aliphatic rings. The third-order valence-electron chi connectivity index (χ3n) is 5.39. The Morgan fingerprint density at radius 3 is 2.79 bits per heavy atom. The van der Waals surface area contributed by atoms with E-state index in [1.54, 1.807) is 32.5 Å². The summed E-state index contributed by atoms with van der Waals surface area (Å²) >= 11 is 0. The molecule has 0 amide bonds. The highest BCUT2D eigenvalue weighted by Crippen LogP contribution is 2.36. The number of ether oxygens (including phenoxy) is 1. The second-order valence-electron chi connectivity index (χ2n) is 7.60. The maximum atomic E-state index is 13.0. The van der Waals surface area contributed by atoms with Crippen LogP contribution < -0.4 is 15.4 Å². The van der Waals surface area contributed by atoms with Crippen LogP contribution in [0, 0.1) is 0 Å². The number of carbonyl (C=O) groups excluding carboxylic acids is 1. The molecule has 0 radical (unpaired) electrons. The first-order chi connectivity index (χ1) is 15.9. The lowest BCUT2D eigenvalue weighted by Crippen LogP contribution is -2.20. The van der Waals surface area contributed by atoms with Crippen molar-refractivity contribution in [3.05, 3.63) is 64.9 Å². The molecule has 2 heterocycles. The zero-order valence-corrected chi connectivity index (χ0v) is 18.6. The van der Waals surface area contributed by atoms with Gasteiger partial charge in [-0.2, -0.15) is 13.9 Å². The number of hydrogen-bond donors (Lipinski definition) is 4. The van der Waals surface area contributed by atoms with E-state index in [9.17, 15) is 13.6 Å². The van der Waals surface area contributed by atoms with Crippen LogP contribution in [0.2, 0.25) is 0 Å². The molecule has 0 bridgehead atoms. The van der Waals surface area contributed by atoms with Crippen molar-refractivity contribution in [2.75, 3.05) is 33.9 Å². The lowest BCUT2D eigenvalue weighted by Gasteiger charge is -2.18. The Hall–Kier alpha value is -3.14. The summed E-state index contributed by atoms with van der Waals surface area (Å²) in [5.74, 6) is -2.37. The zero-order valence-electron chi connectivity index (χ0n) is 18.6. The molecule has 0 fully saturated rings. The molecule has 33 heavy (non-hydrogen) atoms. The molecule has 0 spiro atoms. The van der Waals surface area contributed by atoms with E-state index in [4.69, 9.17) is 9.84 Å². The number of fused-ring (bicyclic) bond motifs is 1. The molecule has 0 saturated carbocycles. The van der Waals surface area contributed by atoms with Crippen LogP contribution >= 0.6 is 0 Å². The summed E-state index contributed by atoms with van der Waals surface area (Å²) in [5.41, 5.74) is 4.17. The van der Waals surface area contributed by atoms with Gasteiger partial charge in [0.15, 0.2) is 6.29 Å². The molecule has 0 atom stereocenters. The summed E-state index contributed by atoms with van der Waals surface area (Å²) in [6.07, 6.45) is 5.62. The first-order valence-corrected chi connectivity index (χ1v) is 10.6. The van der Waals surface area contributed by atoms with Crippen molar-refractivity contribution in [1.82, 2.24) is 20.8 Å². The molecule has 4 rings (SSSR count). The number of nitrogens with zero attached hydrogens (tertiary/aromatic N) is 1. The number of hydrogen-bond acceptors (Lipinski definition) is 6. The molecule has 2 aromatic carbocycles. The highest BCUT2D eigenvalue weighted by atomic mass is 19.3. The van der Waals surface area contributed by atoms with Gasteiger partial charge < -0.3 is 20.5 Å². The van der Waals surface area contributed by atoms with Crippen LogP contribution in [0.3, 0.4) is 0 Å². The molecule has 7 nitrogen and oxygen atoms in total. The Bertz CT molecular complexity index is 1130. The lowest BCUT2D eigenvalue weighted by molar-refractivity contribution is -0.0556. The van der Waals surface area contributed by atoms with Gasteiger partial charge in [-0.05, 0) is 43.3 Å². The minimum absolute atomic E-state index is 0.146. The minimum atomic E-state index is -3.15. The molecule has 0 saturated heterocycles. The van der Waals surface area contributed by atoms with E-state index in [2.05, 4.69) is 26.9 Å². The number of H-pyrrole nitrogens is 1. The van der Waals surface area contributed by atoms with Crippen LogP contribution in [0.4, 0.5) is 8.78 Å². The second kappa shape index (κ2) is 11.1. The highest BCUT2D eigenvalue weighted by molar-refractivity contribution is 6.01. The van der Waals surface area contributed by atoms with E-state index >= 15 is 0 Å². The number of nitrogens with one attached hydrogen (secondary N) is 3. The maximum absolute atomic E-state index is 13.0. The number of methoxy groups -OCH3 is 1. The van der Waals surface area contributed by atoms with E-state index in [0.717, 1.165) is 53.6 Å². The normalized spacial score (nSPS) is 13.8. The second-order valence-corrected chi connectivity index (χ2v) is 7.60. The number of aliphatic hydroxyl groups excluding tert-OH is 1. The summed E-state index contributed by atoms with van der Waals surface area (Å²) in [6.45, 7) is 1.17. The lowest BCUT2D eigenvalue weighted by atomic mass is 9.95. The fraction of sp³-hybridized carbons (Fsp3) is 0.333. The molecule has 176 valence electrons. The van der Waals surface area contributed by atoms with Crippen LogP contribution in [0.5, 0.6) is 5.75 Å². The van der Waals surface area contributed by atoms with Gasteiger partial charge in [-0.25, -0.2) is 0 Å². The van der Waals surface area contributed by atoms with Gasteiger partial charge in [-0.1, -0.05) is 24.3 Å². The monoisotopic (exact) mass is 458 g/mol. The molecule has 1 aliphatic heterocycles. The highest BCUT2D eigenvalue weighted by Gasteiger charge is 2.30. The van der Waals surface area contributed by atoms with Gasteiger partial charge in [0, 0.05) is 29.8 Å². The average Bonchev–Trinajstić information content (AvgIpc) is 3.34. The molecule has 0 aliphatic carbocycles.